The molecule has 0 aliphatic rings. The second-order valence-electron chi connectivity index (χ2n) is 4.58. The molecule has 2 rings (SSSR count). The highest BCUT2D eigenvalue weighted by molar-refractivity contribution is 7.17. The Morgan fingerprint density at radius 3 is 2.39 bits per heavy atom. The number of aromatic carboxylic acids is 1. The highest BCUT2D eigenvalue weighted by Gasteiger charge is 2.41. The van der Waals surface area contributed by atoms with Crippen molar-refractivity contribution >= 4 is 23.0 Å². The van der Waals surface area contributed by atoms with Crippen molar-refractivity contribution in [2.24, 2.45) is 0 Å². The number of nitrogens with two attached hydrogens (primary N) is 1. The number of hydrogen-bond donors (Lipinski definition) is 2. The van der Waals surface area contributed by atoms with Gasteiger partial charge in [-0.3, -0.25) is 0 Å². The van der Waals surface area contributed by atoms with E-state index in [4.69, 9.17) is 10.8 Å². The summed E-state index contributed by atoms with van der Waals surface area (Å²) in [5.41, 5.74) is 6.30. The zero-order chi connectivity index (χ0) is 17.2. The third-order valence-electron chi connectivity index (χ3n) is 2.84. The first-order valence-corrected chi connectivity index (χ1v) is 7.04. The molecule has 0 saturated carbocycles. The molecule has 0 saturated heterocycles. The second kappa shape index (κ2) is 6.45. The monoisotopic (exact) mass is 349 g/mol. The van der Waals surface area contributed by atoms with Crippen LogP contribution in [0.5, 0.6) is 5.75 Å². The first kappa shape index (κ1) is 17.1. The highest BCUT2D eigenvalue weighted by atomic mass is 32.1. The lowest BCUT2D eigenvalue weighted by atomic mass is 10.2. The molecule has 4 nitrogen and oxygen atoms in total. The van der Waals surface area contributed by atoms with Crippen LogP contribution in [0.15, 0.2) is 30.3 Å². The van der Waals surface area contributed by atoms with Crippen molar-refractivity contribution in [2.45, 2.75) is 12.3 Å². The molecule has 9 heteroatoms. The van der Waals surface area contributed by atoms with E-state index in [1.54, 1.807) is 0 Å². The molecule has 3 N–H and O–H groups in total. The van der Waals surface area contributed by atoms with Gasteiger partial charge in [-0.05, 0) is 35.9 Å². The van der Waals surface area contributed by atoms with E-state index < -0.39 is 24.9 Å². The minimum absolute atomic E-state index is 0.00272. The van der Waals surface area contributed by atoms with Gasteiger partial charge in [0.1, 0.15) is 10.6 Å². The van der Waals surface area contributed by atoms with Gasteiger partial charge in [0.25, 0.3) is 0 Å². The molecule has 0 spiro atoms. The third kappa shape index (κ3) is 3.92. The summed E-state index contributed by atoms with van der Waals surface area (Å²) < 4.78 is 54.2. The van der Waals surface area contributed by atoms with Crippen LogP contribution in [0.2, 0.25) is 0 Å². The average Bonchev–Trinajstić information content (AvgIpc) is 2.88. The highest BCUT2D eigenvalue weighted by Crippen LogP contribution is 2.34. The molecule has 124 valence electrons. The number of anilines is 1. The van der Waals surface area contributed by atoms with Crippen LogP contribution in [-0.2, 0) is 0 Å². The molecule has 0 unspecified atom stereocenters. The summed E-state index contributed by atoms with van der Waals surface area (Å²) in [6, 6.07) is 7.12. The van der Waals surface area contributed by atoms with Gasteiger partial charge in [-0.1, -0.05) is 0 Å². The molecule has 0 bridgehead atoms. The molecular weight excluding hydrogens is 338 g/mol. The summed E-state index contributed by atoms with van der Waals surface area (Å²) in [5, 5.41) is 8.94. The molecular formula is C14H11F4NO3S. The van der Waals surface area contributed by atoms with Crippen molar-refractivity contribution in [2.75, 3.05) is 12.3 Å². The van der Waals surface area contributed by atoms with Crippen LogP contribution >= 0.6 is 11.3 Å². The van der Waals surface area contributed by atoms with E-state index in [9.17, 15) is 22.4 Å². The smallest absolute Gasteiger partial charge is 0.348 e. The number of carboxylic acids is 1. The van der Waals surface area contributed by atoms with Gasteiger partial charge in [0.05, 0.1) is 5.69 Å². The SMILES string of the molecule is Nc1cc(-c2ccc(OCC(F)(F)C(F)F)cc2)sc1C(=O)O. The molecule has 23 heavy (non-hydrogen) atoms. The van der Waals surface area contributed by atoms with E-state index in [0.717, 1.165) is 11.3 Å². The largest absolute Gasteiger partial charge is 0.487 e. The summed E-state index contributed by atoms with van der Waals surface area (Å²) in [4.78, 5) is 11.5. The van der Waals surface area contributed by atoms with Crippen LogP contribution in [0.3, 0.4) is 0 Å². The Labute approximate surface area is 132 Å². The molecule has 0 aliphatic carbocycles. The number of carboxylic acid groups (broad SMARTS) is 1. The first-order chi connectivity index (χ1) is 10.7. The van der Waals surface area contributed by atoms with Gasteiger partial charge in [0.15, 0.2) is 6.61 Å². The molecule has 0 amide bonds. The van der Waals surface area contributed by atoms with Crippen molar-refractivity contribution in [3.8, 4) is 16.2 Å². The summed E-state index contributed by atoms with van der Waals surface area (Å²) >= 11 is 0.964. The van der Waals surface area contributed by atoms with E-state index in [2.05, 4.69) is 4.74 Å². The fraction of sp³-hybridized carbons (Fsp3) is 0.214. The fourth-order valence-corrected chi connectivity index (χ4v) is 2.60. The lowest BCUT2D eigenvalue weighted by Crippen LogP contribution is -2.33. The number of carbonyl (C=O) groups is 1. The molecule has 2 aromatic rings. The van der Waals surface area contributed by atoms with Crippen molar-refractivity contribution in [3.63, 3.8) is 0 Å². The maximum atomic E-state index is 12.8. The van der Waals surface area contributed by atoms with Crippen LogP contribution in [-0.4, -0.2) is 30.0 Å². The number of alkyl halides is 4. The van der Waals surface area contributed by atoms with Crippen molar-refractivity contribution in [1.82, 2.24) is 0 Å². The summed E-state index contributed by atoms with van der Waals surface area (Å²) in [6.45, 7) is -1.43. The maximum absolute atomic E-state index is 12.8. The summed E-state index contributed by atoms with van der Waals surface area (Å²) in [7, 11) is 0. The van der Waals surface area contributed by atoms with Crippen LogP contribution in [0, 0.1) is 0 Å². The summed E-state index contributed by atoms with van der Waals surface area (Å²) in [6.07, 6.45) is -3.80. The Morgan fingerprint density at radius 1 is 1.30 bits per heavy atom. The minimum Gasteiger partial charge on any atom is -0.487 e. The fourth-order valence-electron chi connectivity index (χ4n) is 1.67. The molecule has 1 heterocycles. The predicted molar refractivity (Wildman–Crippen MR) is 77.6 cm³/mol. The number of thiophene rings is 1. The van der Waals surface area contributed by atoms with Crippen LogP contribution in [0.25, 0.3) is 10.4 Å². The van der Waals surface area contributed by atoms with Gasteiger partial charge < -0.3 is 15.6 Å². The molecule has 0 radical (unpaired) electrons. The van der Waals surface area contributed by atoms with Crippen LogP contribution in [0.4, 0.5) is 23.2 Å². The van der Waals surface area contributed by atoms with E-state index >= 15 is 0 Å². The Morgan fingerprint density at radius 2 is 1.91 bits per heavy atom. The van der Waals surface area contributed by atoms with Gasteiger partial charge in [0.2, 0.25) is 0 Å². The zero-order valence-corrected chi connectivity index (χ0v) is 12.2. The normalized spacial score (nSPS) is 11.7. The second-order valence-corrected chi connectivity index (χ2v) is 5.63. The van der Waals surface area contributed by atoms with Gasteiger partial charge >= 0.3 is 18.3 Å². The van der Waals surface area contributed by atoms with E-state index in [-0.39, 0.29) is 16.3 Å². The Hall–Kier alpha value is -2.29. The Bertz CT molecular complexity index is 701. The number of ether oxygens (including phenoxy) is 1. The van der Waals surface area contributed by atoms with E-state index in [0.29, 0.717) is 10.4 Å². The Balaban J connectivity index is 2.11. The zero-order valence-electron chi connectivity index (χ0n) is 11.4. The number of halogens is 4. The average molecular weight is 349 g/mol. The van der Waals surface area contributed by atoms with Gasteiger partial charge in [-0.25, -0.2) is 13.6 Å². The number of benzene rings is 1. The van der Waals surface area contributed by atoms with Crippen molar-refractivity contribution < 1.29 is 32.2 Å². The molecule has 1 aromatic heterocycles. The minimum atomic E-state index is -4.22. The van der Waals surface area contributed by atoms with Crippen molar-refractivity contribution in [3.05, 3.63) is 35.2 Å². The van der Waals surface area contributed by atoms with Gasteiger partial charge in [-0.2, -0.15) is 8.78 Å². The lowest BCUT2D eigenvalue weighted by Gasteiger charge is -2.15. The number of rotatable bonds is 6. The molecule has 0 fully saturated rings. The topological polar surface area (TPSA) is 72.5 Å². The standard InChI is InChI=1S/C14H11F4NO3S/c15-13(16)14(17,18)6-22-8-3-1-7(2-4-8)10-5-9(19)11(23-10)12(20)21/h1-5,13H,6,19H2,(H,20,21). The predicted octanol–water partition coefficient (Wildman–Crippen LogP) is 3.97. The number of nitrogen functional groups attached to an aromatic ring is 1. The quantitative estimate of drug-likeness (QED) is 0.774. The van der Waals surface area contributed by atoms with Crippen LogP contribution in [0.1, 0.15) is 9.67 Å². The van der Waals surface area contributed by atoms with E-state index in [1.165, 1.54) is 30.3 Å². The van der Waals surface area contributed by atoms with Crippen LogP contribution < -0.4 is 10.5 Å². The lowest BCUT2D eigenvalue weighted by molar-refractivity contribution is -0.148. The molecule has 1 aromatic carbocycles. The molecule has 0 aliphatic heterocycles. The number of hydrogen-bond acceptors (Lipinski definition) is 4. The Kier molecular flexibility index (Phi) is 4.79. The van der Waals surface area contributed by atoms with Gasteiger partial charge in [-0.15, -0.1) is 11.3 Å². The van der Waals surface area contributed by atoms with Crippen molar-refractivity contribution in [1.29, 1.82) is 0 Å². The molecule has 0 atom stereocenters. The van der Waals surface area contributed by atoms with E-state index in [1.807, 2.05) is 0 Å². The third-order valence-corrected chi connectivity index (χ3v) is 4.03. The first-order valence-electron chi connectivity index (χ1n) is 6.22. The van der Waals surface area contributed by atoms with Gasteiger partial charge in [0, 0.05) is 4.88 Å². The summed E-state index contributed by atoms with van der Waals surface area (Å²) in [5.74, 6) is -5.37. The maximum Gasteiger partial charge on any atom is 0.348 e.